The summed E-state index contributed by atoms with van der Waals surface area (Å²) in [5, 5.41) is 4.46. The van der Waals surface area contributed by atoms with Crippen molar-refractivity contribution in [3.8, 4) is 5.82 Å². The Balaban J connectivity index is 2.49. The third-order valence-corrected chi connectivity index (χ3v) is 3.20. The second-order valence-electron chi connectivity index (χ2n) is 4.43. The summed E-state index contributed by atoms with van der Waals surface area (Å²) in [6, 6.07) is 5.64. The van der Waals surface area contributed by atoms with Crippen LogP contribution in [0.4, 0.5) is 0 Å². The highest BCUT2D eigenvalue weighted by molar-refractivity contribution is 5.78. The zero-order valence-corrected chi connectivity index (χ0v) is 11.5. The Kier molecular flexibility index (Phi) is 3.64. The third-order valence-electron chi connectivity index (χ3n) is 3.20. The molecule has 2 rings (SSSR count). The highest BCUT2D eigenvalue weighted by Crippen LogP contribution is 2.25. The van der Waals surface area contributed by atoms with Crippen LogP contribution >= 0.6 is 0 Å². The molecular formula is C14H17N3O2. The van der Waals surface area contributed by atoms with Crippen molar-refractivity contribution in [3.63, 3.8) is 0 Å². The van der Waals surface area contributed by atoms with Crippen molar-refractivity contribution in [2.45, 2.75) is 26.7 Å². The number of nitrogens with zero attached hydrogens (tertiary/aromatic N) is 3. The molecule has 0 bridgehead atoms. The predicted molar refractivity (Wildman–Crippen MR) is 71.3 cm³/mol. The normalized spacial score (nSPS) is 12.2. The van der Waals surface area contributed by atoms with Crippen LogP contribution in [0.15, 0.2) is 24.4 Å². The molecule has 0 N–H and O–H groups in total. The van der Waals surface area contributed by atoms with E-state index in [9.17, 15) is 4.79 Å². The van der Waals surface area contributed by atoms with Crippen molar-refractivity contribution in [2.24, 2.45) is 0 Å². The van der Waals surface area contributed by atoms with Crippen molar-refractivity contribution in [3.05, 3.63) is 41.3 Å². The first-order chi connectivity index (χ1) is 9.06. The van der Waals surface area contributed by atoms with Gasteiger partial charge in [-0.2, -0.15) is 5.10 Å². The first-order valence-corrected chi connectivity index (χ1v) is 6.11. The van der Waals surface area contributed by atoms with Gasteiger partial charge in [0.15, 0.2) is 5.82 Å². The Hall–Kier alpha value is -2.17. The van der Waals surface area contributed by atoms with E-state index < -0.39 is 0 Å². The summed E-state index contributed by atoms with van der Waals surface area (Å²) in [5.41, 5.74) is 2.63. The minimum absolute atomic E-state index is 0.258. The Morgan fingerprint density at radius 1 is 1.37 bits per heavy atom. The highest BCUT2D eigenvalue weighted by atomic mass is 16.5. The summed E-state index contributed by atoms with van der Waals surface area (Å²) in [6.07, 6.45) is 1.72. The van der Waals surface area contributed by atoms with Gasteiger partial charge in [0.1, 0.15) is 0 Å². The average molecular weight is 259 g/mol. The molecule has 1 atom stereocenters. The standard InChI is InChI=1S/C14H17N3O2/c1-9(14(18)19-4)13-10(2)16-17(11(13)3)12-7-5-6-8-15-12/h5-9H,1-4H3/t9-/m1/s1. The number of pyridine rings is 1. The van der Waals surface area contributed by atoms with E-state index in [2.05, 4.69) is 10.1 Å². The molecule has 2 aromatic heterocycles. The molecule has 0 aliphatic rings. The van der Waals surface area contributed by atoms with Crippen LogP contribution in [0.1, 0.15) is 29.8 Å². The van der Waals surface area contributed by atoms with E-state index in [4.69, 9.17) is 4.74 Å². The quantitative estimate of drug-likeness (QED) is 0.793. The van der Waals surface area contributed by atoms with Crippen LogP contribution in [0.25, 0.3) is 5.82 Å². The van der Waals surface area contributed by atoms with Gasteiger partial charge in [-0.3, -0.25) is 4.79 Å². The smallest absolute Gasteiger partial charge is 0.312 e. The van der Waals surface area contributed by atoms with Crippen molar-refractivity contribution < 1.29 is 9.53 Å². The lowest BCUT2D eigenvalue weighted by Gasteiger charge is -2.10. The fourth-order valence-electron chi connectivity index (χ4n) is 2.28. The number of ether oxygens (including phenoxy) is 1. The van der Waals surface area contributed by atoms with Crippen molar-refractivity contribution in [2.75, 3.05) is 7.11 Å². The van der Waals surface area contributed by atoms with Gasteiger partial charge in [-0.25, -0.2) is 9.67 Å². The monoisotopic (exact) mass is 259 g/mol. The van der Waals surface area contributed by atoms with Gasteiger partial charge < -0.3 is 4.74 Å². The second-order valence-corrected chi connectivity index (χ2v) is 4.43. The van der Waals surface area contributed by atoms with E-state index in [-0.39, 0.29) is 11.9 Å². The molecule has 0 saturated carbocycles. The van der Waals surface area contributed by atoms with E-state index in [0.717, 1.165) is 22.8 Å². The third kappa shape index (κ3) is 2.36. The largest absolute Gasteiger partial charge is 0.469 e. The van der Waals surface area contributed by atoms with Gasteiger partial charge in [0.25, 0.3) is 0 Å². The van der Waals surface area contributed by atoms with E-state index >= 15 is 0 Å². The minimum atomic E-state index is -0.331. The molecule has 2 heterocycles. The summed E-state index contributed by atoms with van der Waals surface area (Å²) in [5.74, 6) is 0.153. The fourth-order valence-corrected chi connectivity index (χ4v) is 2.28. The van der Waals surface area contributed by atoms with Crippen molar-refractivity contribution in [1.29, 1.82) is 0 Å². The van der Waals surface area contributed by atoms with E-state index in [0.29, 0.717) is 0 Å². The first-order valence-electron chi connectivity index (χ1n) is 6.11. The topological polar surface area (TPSA) is 57.0 Å². The molecule has 0 fully saturated rings. The number of hydrogen-bond donors (Lipinski definition) is 0. The zero-order valence-electron chi connectivity index (χ0n) is 11.5. The SMILES string of the molecule is COC(=O)[C@H](C)c1c(C)nn(-c2ccccn2)c1C. The Morgan fingerprint density at radius 2 is 2.11 bits per heavy atom. The number of methoxy groups -OCH3 is 1. The number of carbonyl (C=O) groups excluding carboxylic acids is 1. The fraction of sp³-hybridized carbons (Fsp3) is 0.357. The molecule has 19 heavy (non-hydrogen) atoms. The molecule has 0 amide bonds. The van der Waals surface area contributed by atoms with Gasteiger partial charge in [-0.15, -0.1) is 0 Å². The number of aryl methyl sites for hydroxylation is 1. The lowest BCUT2D eigenvalue weighted by molar-refractivity contribution is -0.142. The second kappa shape index (κ2) is 5.22. The van der Waals surface area contributed by atoms with Crippen LogP contribution in [0.3, 0.4) is 0 Å². The van der Waals surface area contributed by atoms with Gasteiger partial charge in [0, 0.05) is 17.5 Å². The zero-order chi connectivity index (χ0) is 14.0. The Bertz CT molecular complexity index is 590. The molecule has 5 heteroatoms. The van der Waals surface area contributed by atoms with E-state index in [1.165, 1.54) is 7.11 Å². The van der Waals surface area contributed by atoms with E-state index in [1.807, 2.05) is 39.0 Å². The van der Waals surface area contributed by atoms with Gasteiger partial charge in [0.05, 0.1) is 18.7 Å². The maximum atomic E-state index is 11.7. The van der Waals surface area contributed by atoms with Crippen LogP contribution in [-0.4, -0.2) is 27.8 Å². The summed E-state index contributed by atoms with van der Waals surface area (Å²) >= 11 is 0. The number of rotatable bonds is 3. The van der Waals surface area contributed by atoms with Crippen LogP contribution in [0.2, 0.25) is 0 Å². The Labute approximate surface area is 112 Å². The van der Waals surface area contributed by atoms with Crippen molar-refractivity contribution in [1.82, 2.24) is 14.8 Å². The van der Waals surface area contributed by atoms with E-state index in [1.54, 1.807) is 10.9 Å². The number of hydrogen-bond acceptors (Lipinski definition) is 4. The molecule has 100 valence electrons. The molecule has 0 aromatic carbocycles. The average Bonchev–Trinajstić information content (AvgIpc) is 2.73. The van der Waals surface area contributed by atoms with Gasteiger partial charge in [0.2, 0.25) is 0 Å². The van der Waals surface area contributed by atoms with Gasteiger partial charge >= 0.3 is 5.97 Å². The van der Waals surface area contributed by atoms with Gasteiger partial charge in [-0.1, -0.05) is 6.07 Å². The molecule has 0 aliphatic heterocycles. The molecule has 2 aromatic rings. The molecule has 0 aliphatic carbocycles. The number of carbonyl (C=O) groups is 1. The first kappa shape index (κ1) is 13.3. The number of esters is 1. The maximum absolute atomic E-state index is 11.7. The van der Waals surface area contributed by atoms with Crippen LogP contribution in [0.5, 0.6) is 0 Å². The summed E-state index contributed by atoms with van der Waals surface area (Å²) < 4.78 is 6.55. The molecule has 5 nitrogen and oxygen atoms in total. The summed E-state index contributed by atoms with van der Waals surface area (Å²) in [6.45, 7) is 5.65. The predicted octanol–water partition coefficient (Wildman–Crippen LogP) is 2.16. The van der Waals surface area contributed by atoms with Crippen LogP contribution in [0, 0.1) is 13.8 Å². The van der Waals surface area contributed by atoms with Crippen molar-refractivity contribution >= 4 is 5.97 Å². The minimum Gasteiger partial charge on any atom is -0.469 e. The molecule has 0 saturated heterocycles. The molecule has 0 radical (unpaired) electrons. The van der Waals surface area contributed by atoms with Crippen LogP contribution in [-0.2, 0) is 9.53 Å². The molecule has 0 unspecified atom stereocenters. The van der Waals surface area contributed by atoms with Crippen LogP contribution < -0.4 is 0 Å². The molecular weight excluding hydrogens is 242 g/mol. The maximum Gasteiger partial charge on any atom is 0.312 e. The van der Waals surface area contributed by atoms with Gasteiger partial charge in [-0.05, 0) is 32.9 Å². The highest BCUT2D eigenvalue weighted by Gasteiger charge is 2.24. The summed E-state index contributed by atoms with van der Waals surface area (Å²) in [7, 11) is 1.40. The Morgan fingerprint density at radius 3 is 2.68 bits per heavy atom. The number of aromatic nitrogens is 3. The summed E-state index contributed by atoms with van der Waals surface area (Å²) in [4.78, 5) is 16.0. The lowest BCUT2D eigenvalue weighted by atomic mass is 9.99. The lowest BCUT2D eigenvalue weighted by Crippen LogP contribution is -2.12. The molecule has 0 spiro atoms.